The van der Waals surface area contributed by atoms with Gasteiger partial charge in [0.2, 0.25) is 0 Å². The van der Waals surface area contributed by atoms with E-state index in [2.05, 4.69) is 13.0 Å². The summed E-state index contributed by atoms with van der Waals surface area (Å²) in [6.45, 7) is 2.07. The molecule has 0 aliphatic carbocycles. The highest BCUT2D eigenvalue weighted by atomic mass is 35.5. The molecule has 1 aromatic heterocycles. The highest BCUT2D eigenvalue weighted by Gasteiger charge is 2.12. The lowest BCUT2D eigenvalue weighted by molar-refractivity contribution is 0.516. The standard InChI is InChI=1S/C17H16ClNOS/c1-11-5-6-16-12(7-11)8-17(20-16)15(19)10-21-14-4-2-3-13(18)9-14/h2-9,15H,10,19H2,1H3. The quantitative estimate of drug-likeness (QED) is 0.673. The maximum atomic E-state index is 6.24. The van der Waals surface area contributed by atoms with Crippen molar-refractivity contribution in [2.45, 2.75) is 17.9 Å². The van der Waals surface area contributed by atoms with Crippen LogP contribution < -0.4 is 5.73 Å². The Morgan fingerprint density at radius 3 is 2.86 bits per heavy atom. The van der Waals surface area contributed by atoms with Gasteiger partial charge in [0.05, 0.1) is 6.04 Å². The predicted molar refractivity (Wildman–Crippen MR) is 90.1 cm³/mol. The van der Waals surface area contributed by atoms with Crippen LogP contribution in [0.25, 0.3) is 11.0 Å². The van der Waals surface area contributed by atoms with Crippen molar-refractivity contribution < 1.29 is 4.42 Å². The highest BCUT2D eigenvalue weighted by Crippen LogP contribution is 2.29. The Bertz CT molecular complexity index is 768. The fourth-order valence-electron chi connectivity index (χ4n) is 2.19. The van der Waals surface area contributed by atoms with Gasteiger partial charge in [0, 0.05) is 21.1 Å². The van der Waals surface area contributed by atoms with E-state index >= 15 is 0 Å². The summed E-state index contributed by atoms with van der Waals surface area (Å²) in [5.41, 5.74) is 8.34. The molecule has 1 heterocycles. The lowest BCUT2D eigenvalue weighted by Gasteiger charge is -2.08. The first-order chi connectivity index (χ1) is 10.1. The molecule has 2 aromatic carbocycles. The molecule has 1 atom stereocenters. The van der Waals surface area contributed by atoms with Crippen LogP contribution in [-0.2, 0) is 0 Å². The molecule has 0 aliphatic heterocycles. The summed E-state index contributed by atoms with van der Waals surface area (Å²) in [6.07, 6.45) is 0. The van der Waals surface area contributed by atoms with Crippen molar-refractivity contribution in [1.82, 2.24) is 0 Å². The summed E-state index contributed by atoms with van der Waals surface area (Å²) < 4.78 is 5.83. The van der Waals surface area contributed by atoms with Crippen molar-refractivity contribution in [3.8, 4) is 0 Å². The second-order valence-corrected chi connectivity index (χ2v) is 6.59. The summed E-state index contributed by atoms with van der Waals surface area (Å²) >= 11 is 7.66. The molecule has 0 saturated carbocycles. The van der Waals surface area contributed by atoms with E-state index in [0.29, 0.717) is 0 Å². The maximum Gasteiger partial charge on any atom is 0.134 e. The Balaban J connectivity index is 1.73. The van der Waals surface area contributed by atoms with Crippen LogP contribution >= 0.6 is 23.4 Å². The van der Waals surface area contributed by atoms with E-state index in [-0.39, 0.29) is 6.04 Å². The molecular formula is C17H16ClNOS. The van der Waals surface area contributed by atoms with Crippen LogP contribution in [0.15, 0.2) is 57.8 Å². The van der Waals surface area contributed by atoms with E-state index in [1.54, 1.807) is 11.8 Å². The van der Waals surface area contributed by atoms with Crippen LogP contribution in [0.2, 0.25) is 5.02 Å². The van der Waals surface area contributed by atoms with Crippen molar-refractivity contribution in [3.05, 3.63) is 64.9 Å². The minimum Gasteiger partial charge on any atom is -0.459 e. The Labute approximate surface area is 133 Å². The minimum atomic E-state index is -0.137. The van der Waals surface area contributed by atoms with Crippen molar-refractivity contribution in [1.29, 1.82) is 0 Å². The Morgan fingerprint density at radius 1 is 1.19 bits per heavy atom. The first kappa shape index (κ1) is 14.5. The number of benzene rings is 2. The molecule has 21 heavy (non-hydrogen) atoms. The SMILES string of the molecule is Cc1ccc2oc(C(N)CSc3cccc(Cl)c3)cc2c1. The molecule has 2 nitrogen and oxygen atoms in total. The number of hydrogen-bond acceptors (Lipinski definition) is 3. The second-order valence-electron chi connectivity index (χ2n) is 5.06. The molecule has 0 fully saturated rings. The summed E-state index contributed by atoms with van der Waals surface area (Å²) in [4.78, 5) is 1.12. The smallest absolute Gasteiger partial charge is 0.134 e. The van der Waals surface area contributed by atoms with Gasteiger partial charge in [-0.2, -0.15) is 0 Å². The van der Waals surface area contributed by atoms with Crippen molar-refractivity contribution in [2.24, 2.45) is 5.73 Å². The molecule has 2 N–H and O–H groups in total. The van der Waals surface area contributed by atoms with Gasteiger partial charge in [-0.05, 0) is 43.3 Å². The molecule has 1 unspecified atom stereocenters. The number of furan rings is 1. The molecule has 0 amide bonds. The zero-order chi connectivity index (χ0) is 14.8. The number of hydrogen-bond donors (Lipinski definition) is 1. The normalized spacial score (nSPS) is 12.7. The van der Waals surface area contributed by atoms with Crippen molar-refractivity contribution >= 4 is 34.3 Å². The van der Waals surface area contributed by atoms with E-state index in [0.717, 1.165) is 32.4 Å². The summed E-state index contributed by atoms with van der Waals surface area (Å²) in [7, 11) is 0. The largest absolute Gasteiger partial charge is 0.459 e. The van der Waals surface area contributed by atoms with Crippen LogP contribution in [0.3, 0.4) is 0 Å². The molecule has 108 valence electrons. The summed E-state index contributed by atoms with van der Waals surface area (Å²) in [5, 5.41) is 1.85. The van der Waals surface area contributed by atoms with Crippen LogP contribution in [0.1, 0.15) is 17.4 Å². The Morgan fingerprint density at radius 2 is 2.05 bits per heavy atom. The van der Waals surface area contributed by atoms with E-state index in [1.807, 2.05) is 42.5 Å². The molecule has 4 heteroatoms. The van der Waals surface area contributed by atoms with Crippen LogP contribution in [0.4, 0.5) is 0 Å². The fraction of sp³-hybridized carbons (Fsp3) is 0.176. The summed E-state index contributed by atoms with van der Waals surface area (Å²) in [5.74, 6) is 1.57. The molecule has 0 radical (unpaired) electrons. The second kappa shape index (κ2) is 6.14. The third-order valence-electron chi connectivity index (χ3n) is 3.28. The minimum absolute atomic E-state index is 0.137. The number of rotatable bonds is 4. The molecule has 0 aliphatic rings. The van der Waals surface area contributed by atoms with E-state index < -0.39 is 0 Å². The van der Waals surface area contributed by atoms with Gasteiger partial charge in [0.15, 0.2) is 0 Å². The lowest BCUT2D eigenvalue weighted by Crippen LogP contribution is -2.11. The Hall–Kier alpha value is -1.42. The third-order valence-corrected chi connectivity index (χ3v) is 4.63. The molecule has 3 rings (SSSR count). The Kier molecular flexibility index (Phi) is 4.24. The van der Waals surface area contributed by atoms with E-state index in [9.17, 15) is 0 Å². The highest BCUT2D eigenvalue weighted by molar-refractivity contribution is 7.99. The van der Waals surface area contributed by atoms with Gasteiger partial charge in [-0.3, -0.25) is 0 Å². The van der Waals surface area contributed by atoms with Crippen molar-refractivity contribution in [2.75, 3.05) is 5.75 Å². The van der Waals surface area contributed by atoms with Gasteiger partial charge >= 0.3 is 0 Å². The van der Waals surface area contributed by atoms with Gasteiger partial charge in [-0.1, -0.05) is 29.3 Å². The van der Waals surface area contributed by atoms with E-state index in [4.69, 9.17) is 21.8 Å². The monoisotopic (exact) mass is 317 g/mol. The van der Waals surface area contributed by atoms with Gasteiger partial charge in [0.1, 0.15) is 11.3 Å². The van der Waals surface area contributed by atoms with Crippen molar-refractivity contribution in [3.63, 3.8) is 0 Å². The number of thioether (sulfide) groups is 1. The number of halogens is 1. The molecule has 0 saturated heterocycles. The van der Waals surface area contributed by atoms with Gasteiger partial charge in [0.25, 0.3) is 0 Å². The van der Waals surface area contributed by atoms with Crippen LogP contribution in [0, 0.1) is 6.92 Å². The molecule has 0 spiro atoms. The first-order valence-corrected chi connectivity index (χ1v) is 8.12. The van der Waals surface area contributed by atoms with Gasteiger partial charge in [-0.15, -0.1) is 11.8 Å². The average Bonchev–Trinajstić information content (AvgIpc) is 2.88. The number of nitrogens with two attached hydrogens (primary N) is 1. The van der Waals surface area contributed by atoms with Gasteiger partial charge in [-0.25, -0.2) is 0 Å². The van der Waals surface area contributed by atoms with Crippen LogP contribution in [-0.4, -0.2) is 5.75 Å². The fourth-order valence-corrected chi connectivity index (χ4v) is 3.37. The van der Waals surface area contributed by atoms with Gasteiger partial charge < -0.3 is 10.2 Å². The number of fused-ring (bicyclic) bond motifs is 1. The first-order valence-electron chi connectivity index (χ1n) is 6.76. The summed E-state index contributed by atoms with van der Waals surface area (Å²) in [6, 6.07) is 15.8. The van der Waals surface area contributed by atoms with Crippen LogP contribution in [0.5, 0.6) is 0 Å². The molecule has 0 bridgehead atoms. The topological polar surface area (TPSA) is 39.2 Å². The zero-order valence-corrected chi connectivity index (χ0v) is 13.2. The van der Waals surface area contributed by atoms with E-state index in [1.165, 1.54) is 5.56 Å². The molecule has 3 aromatic rings. The lowest BCUT2D eigenvalue weighted by atomic mass is 10.2. The molecular weight excluding hydrogens is 302 g/mol. The predicted octanol–water partition coefficient (Wildman–Crippen LogP) is 5.19. The zero-order valence-electron chi connectivity index (χ0n) is 11.7. The third kappa shape index (κ3) is 3.43. The maximum absolute atomic E-state index is 6.24. The average molecular weight is 318 g/mol. The number of aryl methyl sites for hydroxylation is 1.